The van der Waals surface area contributed by atoms with Crippen molar-refractivity contribution in [3.63, 3.8) is 0 Å². The van der Waals surface area contributed by atoms with E-state index in [1.807, 2.05) is 60.7 Å². The molecule has 0 bridgehead atoms. The van der Waals surface area contributed by atoms with Gasteiger partial charge >= 0.3 is 0 Å². The standard InChI is InChI=1S/C28H24N4O4S/c1-34-24-17-20(12-13-23(24)36-15-14-35-21-10-6-3-7-11-21)16-22-26(29)32-28(30-27(22)33)37-25(31-32)18-19-8-4-2-5-9-19/h2-13,16-17,29H,14-15,18H2,1H3/b22-16-,29-26?. The minimum absolute atomic E-state index is 0.0112. The number of thioether (sulfide) groups is 1. The number of carbonyl (C=O) groups is 1. The number of hydrogen-bond acceptors (Lipinski definition) is 7. The Morgan fingerprint density at radius 2 is 1.68 bits per heavy atom. The van der Waals surface area contributed by atoms with Gasteiger partial charge in [-0.05, 0) is 53.2 Å². The van der Waals surface area contributed by atoms with Crippen LogP contribution in [0, 0.1) is 5.41 Å². The highest BCUT2D eigenvalue weighted by Gasteiger charge is 2.35. The van der Waals surface area contributed by atoms with Crippen molar-refractivity contribution in [1.82, 2.24) is 5.01 Å². The molecule has 9 heteroatoms. The highest BCUT2D eigenvalue weighted by atomic mass is 32.2. The van der Waals surface area contributed by atoms with Gasteiger partial charge in [0.25, 0.3) is 5.91 Å². The fourth-order valence-electron chi connectivity index (χ4n) is 3.76. The number of nitrogens with zero attached hydrogens (tertiary/aromatic N) is 3. The number of aliphatic imine (C=N–C) groups is 1. The van der Waals surface area contributed by atoms with Crippen molar-refractivity contribution < 1.29 is 19.0 Å². The Morgan fingerprint density at radius 1 is 0.946 bits per heavy atom. The molecule has 0 fully saturated rings. The molecule has 0 saturated carbocycles. The lowest BCUT2D eigenvalue weighted by Crippen LogP contribution is -2.35. The zero-order valence-corrected chi connectivity index (χ0v) is 20.9. The summed E-state index contributed by atoms with van der Waals surface area (Å²) in [6.07, 6.45) is 2.22. The second-order valence-corrected chi connectivity index (χ2v) is 9.14. The van der Waals surface area contributed by atoms with Crippen molar-refractivity contribution >= 4 is 39.8 Å². The number of fused-ring (bicyclic) bond motifs is 1. The molecular weight excluding hydrogens is 488 g/mol. The van der Waals surface area contributed by atoms with Crippen molar-refractivity contribution in [2.75, 3.05) is 20.3 Å². The second kappa shape index (κ2) is 11.1. The van der Waals surface area contributed by atoms with Crippen LogP contribution in [-0.2, 0) is 11.2 Å². The summed E-state index contributed by atoms with van der Waals surface area (Å²) in [5.41, 5.74) is 1.93. The van der Waals surface area contributed by atoms with Crippen molar-refractivity contribution in [2.24, 2.45) is 10.1 Å². The van der Waals surface area contributed by atoms with Crippen LogP contribution >= 0.6 is 11.8 Å². The van der Waals surface area contributed by atoms with Gasteiger partial charge in [-0.3, -0.25) is 10.2 Å². The molecule has 0 atom stereocenters. The second-order valence-electron chi connectivity index (χ2n) is 8.10. The van der Waals surface area contributed by atoms with Gasteiger partial charge in [0, 0.05) is 6.42 Å². The maximum Gasteiger partial charge on any atom is 0.283 e. The number of benzene rings is 3. The fourth-order valence-corrected chi connectivity index (χ4v) is 4.68. The van der Waals surface area contributed by atoms with Crippen molar-refractivity contribution in [3.8, 4) is 17.2 Å². The predicted octanol–water partition coefficient (Wildman–Crippen LogP) is 5.01. The number of methoxy groups -OCH3 is 1. The normalized spacial score (nSPS) is 15.8. The maximum absolute atomic E-state index is 12.8. The summed E-state index contributed by atoms with van der Waals surface area (Å²) in [6.45, 7) is 0.716. The van der Waals surface area contributed by atoms with Gasteiger partial charge in [-0.1, -0.05) is 54.6 Å². The predicted molar refractivity (Wildman–Crippen MR) is 146 cm³/mol. The van der Waals surface area contributed by atoms with Gasteiger partial charge in [0.1, 0.15) is 24.0 Å². The number of amides is 1. The number of hydrazone groups is 1. The van der Waals surface area contributed by atoms with E-state index in [4.69, 9.17) is 19.6 Å². The Balaban J connectivity index is 1.27. The van der Waals surface area contributed by atoms with E-state index in [9.17, 15) is 4.79 Å². The fraction of sp³-hybridized carbons (Fsp3) is 0.143. The molecule has 5 rings (SSSR count). The number of amidine groups is 2. The Labute approximate surface area is 218 Å². The zero-order valence-electron chi connectivity index (χ0n) is 20.1. The van der Waals surface area contributed by atoms with E-state index in [0.717, 1.165) is 16.4 Å². The Morgan fingerprint density at radius 3 is 2.43 bits per heavy atom. The molecule has 0 saturated heterocycles. The molecule has 186 valence electrons. The zero-order chi connectivity index (χ0) is 25.6. The SMILES string of the molecule is COc1cc(/C=C2/C(=N)N3N=C(Cc4ccccc4)SC3=NC2=O)ccc1OCCOc1ccccc1. The summed E-state index contributed by atoms with van der Waals surface area (Å²) < 4.78 is 17.0. The van der Waals surface area contributed by atoms with Crippen LogP contribution in [0.1, 0.15) is 11.1 Å². The van der Waals surface area contributed by atoms with Crippen molar-refractivity contribution in [2.45, 2.75) is 6.42 Å². The van der Waals surface area contributed by atoms with E-state index in [1.54, 1.807) is 31.4 Å². The van der Waals surface area contributed by atoms with Gasteiger partial charge in [-0.25, -0.2) is 0 Å². The molecule has 0 radical (unpaired) electrons. The van der Waals surface area contributed by atoms with Crippen LogP contribution < -0.4 is 14.2 Å². The number of hydrogen-bond donors (Lipinski definition) is 1. The summed E-state index contributed by atoms with van der Waals surface area (Å²) in [6, 6.07) is 24.8. The lowest BCUT2D eigenvalue weighted by Gasteiger charge is -2.20. The first kappa shape index (κ1) is 24.3. The smallest absolute Gasteiger partial charge is 0.283 e. The first-order chi connectivity index (χ1) is 18.1. The van der Waals surface area contributed by atoms with Gasteiger partial charge in [0.15, 0.2) is 17.3 Å². The Kier molecular flexibility index (Phi) is 7.32. The van der Waals surface area contributed by atoms with E-state index < -0.39 is 5.91 Å². The minimum atomic E-state index is -0.475. The molecule has 0 aliphatic carbocycles. The Bertz CT molecular complexity index is 1400. The molecule has 0 unspecified atom stereocenters. The van der Waals surface area contributed by atoms with E-state index in [-0.39, 0.29) is 11.4 Å². The molecule has 1 N–H and O–H groups in total. The number of ether oxygens (including phenoxy) is 3. The molecule has 0 spiro atoms. The largest absolute Gasteiger partial charge is 0.493 e. The third-order valence-corrected chi connectivity index (χ3v) is 6.45. The molecule has 0 aromatic heterocycles. The lowest BCUT2D eigenvalue weighted by molar-refractivity contribution is -0.114. The number of rotatable bonds is 9. The van der Waals surface area contributed by atoms with Gasteiger partial charge in [-0.2, -0.15) is 15.1 Å². The topological polar surface area (TPSA) is 96.6 Å². The van der Waals surface area contributed by atoms with Crippen LogP contribution in [0.25, 0.3) is 6.08 Å². The van der Waals surface area contributed by atoms with Crippen LogP contribution in [-0.4, -0.2) is 47.3 Å². The van der Waals surface area contributed by atoms with Gasteiger partial charge in [0.2, 0.25) is 5.17 Å². The molecular formula is C28H24N4O4S. The van der Waals surface area contributed by atoms with Gasteiger partial charge in [-0.15, -0.1) is 0 Å². The number of para-hydroxylation sites is 1. The van der Waals surface area contributed by atoms with E-state index in [2.05, 4.69) is 10.1 Å². The van der Waals surface area contributed by atoms with Crippen LogP contribution in [0.15, 0.2) is 94.5 Å². The first-order valence-corrected chi connectivity index (χ1v) is 12.4. The molecule has 2 aliphatic rings. The Hall–Kier alpha value is -4.37. The van der Waals surface area contributed by atoms with Crippen LogP contribution in [0.2, 0.25) is 0 Å². The van der Waals surface area contributed by atoms with Gasteiger partial charge in [0.05, 0.1) is 12.7 Å². The summed E-state index contributed by atoms with van der Waals surface area (Å²) in [4.78, 5) is 16.9. The van der Waals surface area contributed by atoms with Crippen molar-refractivity contribution in [1.29, 1.82) is 5.41 Å². The third kappa shape index (κ3) is 5.73. The summed E-state index contributed by atoms with van der Waals surface area (Å²) in [5, 5.41) is 15.7. The minimum Gasteiger partial charge on any atom is -0.493 e. The lowest BCUT2D eigenvalue weighted by atomic mass is 10.1. The van der Waals surface area contributed by atoms with Crippen LogP contribution in [0.4, 0.5) is 0 Å². The molecule has 37 heavy (non-hydrogen) atoms. The van der Waals surface area contributed by atoms with E-state index in [0.29, 0.717) is 41.9 Å². The average molecular weight is 513 g/mol. The summed E-state index contributed by atoms with van der Waals surface area (Å²) in [5.74, 6) is 1.35. The quantitative estimate of drug-likeness (QED) is 0.320. The highest BCUT2D eigenvalue weighted by Crippen LogP contribution is 2.32. The summed E-state index contributed by atoms with van der Waals surface area (Å²) in [7, 11) is 1.55. The monoisotopic (exact) mass is 512 g/mol. The van der Waals surface area contributed by atoms with Crippen molar-refractivity contribution in [3.05, 3.63) is 95.6 Å². The molecule has 2 heterocycles. The van der Waals surface area contributed by atoms with Gasteiger partial charge < -0.3 is 14.2 Å². The maximum atomic E-state index is 12.8. The molecule has 2 aliphatic heterocycles. The van der Waals surface area contributed by atoms with E-state index >= 15 is 0 Å². The average Bonchev–Trinajstić information content (AvgIpc) is 3.32. The molecule has 3 aromatic carbocycles. The molecule has 8 nitrogen and oxygen atoms in total. The molecule has 1 amide bonds. The van der Waals surface area contributed by atoms with Crippen LogP contribution in [0.5, 0.6) is 17.2 Å². The summed E-state index contributed by atoms with van der Waals surface area (Å²) >= 11 is 1.31. The number of carbonyl (C=O) groups excluding carboxylic acids is 1. The van der Waals surface area contributed by atoms with E-state index in [1.165, 1.54) is 16.8 Å². The highest BCUT2D eigenvalue weighted by molar-refractivity contribution is 8.26. The molecule has 3 aromatic rings. The first-order valence-electron chi connectivity index (χ1n) is 11.6. The number of nitrogens with one attached hydrogen (secondary N) is 1. The van der Waals surface area contributed by atoms with Crippen LogP contribution in [0.3, 0.4) is 0 Å². The third-order valence-electron chi connectivity index (χ3n) is 5.55.